The third kappa shape index (κ3) is 10.3. The van der Waals surface area contributed by atoms with E-state index < -0.39 is 28.5 Å². The van der Waals surface area contributed by atoms with E-state index in [-0.39, 0.29) is 24.9 Å². The molecule has 0 spiro atoms. The van der Waals surface area contributed by atoms with Crippen LogP contribution < -0.4 is 19.1 Å². The Morgan fingerprint density at radius 1 is 0.796 bits per heavy atom. The monoisotopic (exact) mass is 683 g/mol. The van der Waals surface area contributed by atoms with Crippen LogP contribution in [-0.2, 0) is 39.2 Å². The zero-order valence-corrected chi connectivity index (χ0v) is 29.0. The van der Waals surface area contributed by atoms with E-state index in [1.807, 2.05) is 84.9 Å². The van der Waals surface area contributed by atoms with Gasteiger partial charge in [0, 0.05) is 19.0 Å². The van der Waals surface area contributed by atoms with E-state index in [9.17, 15) is 18.0 Å². The molecule has 0 radical (unpaired) electrons. The van der Waals surface area contributed by atoms with Crippen molar-refractivity contribution in [1.82, 2.24) is 10.2 Å². The van der Waals surface area contributed by atoms with Crippen molar-refractivity contribution in [3.8, 4) is 11.5 Å². The van der Waals surface area contributed by atoms with E-state index in [4.69, 9.17) is 9.47 Å². The molecule has 0 aliphatic heterocycles. The zero-order valence-electron chi connectivity index (χ0n) is 28.2. The van der Waals surface area contributed by atoms with Crippen LogP contribution in [0.15, 0.2) is 109 Å². The van der Waals surface area contributed by atoms with Gasteiger partial charge in [0.2, 0.25) is 21.8 Å². The highest BCUT2D eigenvalue weighted by Crippen LogP contribution is 2.25. The summed E-state index contributed by atoms with van der Waals surface area (Å²) in [6.07, 6.45) is 6.34. The van der Waals surface area contributed by atoms with Gasteiger partial charge < -0.3 is 19.7 Å². The largest absolute Gasteiger partial charge is 0.497 e. The minimum absolute atomic E-state index is 0.0310. The Labute approximate surface area is 289 Å². The first-order valence-corrected chi connectivity index (χ1v) is 18.6. The second kappa shape index (κ2) is 17.0. The molecule has 1 saturated carbocycles. The molecule has 0 bridgehead atoms. The van der Waals surface area contributed by atoms with E-state index in [0.29, 0.717) is 23.8 Å². The van der Waals surface area contributed by atoms with Crippen LogP contribution in [0.4, 0.5) is 5.69 Å². The van der Waals surface area contributed by atoms with Gasteiger partial charge >= 0.3 is 0 Å². The molecule has 0 saturated heterocycles. The molecule has 9 nitrogen and oxygen atoms in total. The highest BCUT2D eigenvalue weighted by Gasteiger charge is 2.34. The lowest BCUT2D eigenvalue weighted by Gasteiger charge is -2.35. The molecular formula is C39H45N3O6S. The van der Waals surface area contributed by atoms with Gasteiger partial charge in [-0.05, 0) is 65.9 Å². The minimum Gasteiger partial charge on any atom is -0.497 e. The zero-order chi connectivity index (χ0) is 34.6. The first-order chi connectivity index (χ1) is 23.7. The van der Waals surface area contributed by atoms with Gasteiger partial charge in [0.1, 0.15) is 30.7 Å². The Morgan fingerprint density at radius 3 is 2.06 bits per heavy atom. The summed E-state index contributed by atoms with van der Waals surface area (Å²) < 4.78 is 38.8. The van der Waals surface area contributed by atoms with Crippen molar-refractivity contribution in [3.63, 3.8) is 0 Å². The van der Waals surface area contributed by atoms with Crippen LogP contribution in [0.25, 0.3) is 0 Å². The molecule has 0 heterocycles. The molecule has 49 heavy (non-hydrogen) atoms. The Balaban J connectivity index is 1.44. The first-order valence-electron chi connectivity index (χ1n) is 16.7. The second-order valence-corrected chi connectivity index (χ2v) is 14.4. The number of sulfonamides is 1. The fourth-order valence-corrected chi connectivity index (χ4v) is 6.98. The number of ether oxygens (including phenoxy) is 2. The molecule has 0 unspecified atom stereocenters. The third-order valence-corrected chi connectivity index (χ3v) is 9.90. The predicted molar refractivity (Wildman–Crippen MR) is 192 cm³/mol. The van der Waals surface area contributed by atoms with Crippen molar-refractivity contribution in [3.05, 3.63) is 126 Å². The number of hydrogen-bond acceptors (Lipinski definition) is 6. The van der Waals surface area contributed by atoms with E-state index in [1.54, 1.807) is 31.4 Å². The van der Waals surface area contributed by atoms with Gasteiger partial charge in [0.05, 0.1) is 19.1 Å². The number of carbonyl (C=O) groups is 2. The Hall–Kier alpha value is -4.83. The summed E-state index contributed by atoms with van der Waals surface area (Å²) >= 11 is 0. The lowest BCUT2D eigenvalue weighted by atomic mass is 9.94. The van der Waals surface area contributed by atoms with Crippen LogP contribution >= 0.6 is 0 Å². The average Bonchev–Trinajstić information content (AvgIpc) is 3.12. The molecule has 10 heteroatoms. The summed E-state index contributed by atoms with van der Waals surface area (Å²) in [4.78, 5) is 30.1. The normalized spacial score (nSPS) is 14.0. The van der Waals surface area contributed by atoms with E-state index in [2.05, 4.69) is 5.32 Å². The summed E-state index contributed by atoms with van der Waals surface area (Å²) in [6, 6.07) is 32.4. The summed E-state index contributed by atoms with van der Waals surface area (Å²) in [5.41, 5.74) is 2.96. The Bertz CT molecular complexity index is 1760. The van der Waals surface area contributed by atoms with E-state index in [1.165, 1.54) is 4.90 Å². The molecule has 1 aliphatic rings. The second-order valence-electron chi connectivity index (χ2n) is 12.5. The quantitative estimate of drug-likeness (QED) is 0.162. The lowest BCUT2D eigenvalue weighted by molar-refractivity contribution is -0.140. The van der Waals surface area contributed by atoms with Crippen molar-refractivity contribution < 1.29 is 27.5 Å². The van der Waals surface area contributed by atoms with Gasteiger partial charge in [-0.3, -0.25) is 13.9 Å². The molecule has 0 aromatic heterocycles. The van der Waals surface area contributed by atoms with Crippen molar-refractivity contribution in [2.45, 2.75) is 63.8 Å². The number of hydrogen-bond donors (Lipinski definition) is 1. The van der Waals surface area contributed by atoms with Crippen LogP contribution in [-0.4, -0.2) is 57.1 Å². The van der Waals surface area contributed by atoms with Gasteiger partial charge in [-0.2, -0.15) is 0 Å². The number of carbonyl (C=O) groups excluding carboxylic acids is 2. The van der Waals surface area contributed by atoms with Crippen LogP contribution in [0.3, 0.4) is 0 Å². The van der Waals surface area contributed by atoms with Gasteiger partial charge in [0.15, 0.2) is 0 Å². The maximum atomic E-state index is 14.5. The predicted octanol–water partition coefficient (Wildman–Crippen LogP) is 6.13. The molecule has 2 amide bonds. The average molecular weight is 684 g/mol. The Morgan fingerprint density at radius 2 is 1.43 bits per heavy atom. The first kappa shape index (κ1) is 35.5. The molecule has 1 fully saturated rings. The molecule has 5 rings (SSSR count). The van der Waals surface area contributed by atoms with Crippen molar-refractivity contribution in [1.29, 1.82) is 0 Å². The number of anilines is 1. The number of benzene rings is 4. The van der Waals surface area contributed by atoms with Gasteiger partial charge in [0.25, 0.3) is 0 Å². The minimum atomic E-state index is -3.90. The maximum absolute atomic E-state index is 14.5. The van der Waals surface area contributed by atoms with Crippen molar-refractivity contribution >= 4 is 27.5 Å². The van der Waals surface area contributed by atoms with Gasteiger partial charge in [-0.25, -0.2) is 8.42 Å². The number of nitrogens with zero attached hydrogens (tertiary/aromatic N) is 2. The van der Waals surface area contributed by atoms with Crippen LogP contribution in [0, 0.1) is 0 Å². The number of methoxy groups -OCH3 is 1. The molecule has 258 valence electrons. The molecule has 4 aromatic rings. The molecular weight excluding hydrogens is 639 g/mol. The maximum Gasteiger partial charge on any atom is 0.244 e. The molecule has 4 aromatic carbocycles. The van der Waals surface area contributed by atoms with E-state index in [0.717, 1.165) is 59.4 Å². The number of amides is 2. The fourth-order valence-electron chi connectivity index (χ4n) is 6.13. The summed E-state index contributed by atoms with van der Waals surface area (Å²) in [5.74, 6) is 0.424. The SMILES string of the molecule is COc1cccc(CN(C(=O)CN(c2ccc(OCc3ccccc3)cc2)S(C)(=O)=O)[C@@H](Cc2ccccc2)C(=O)NC2CCCCC2)c1. The summed E-state index contributed by atoms with van der Waals surface area (Å²) in [6.45, 7) is -0.0517. The third-order valence-electron chi connectivity index (χ3n) is 8.76. The summed E-state index contributed by atoms with van der Waals surface area (Å²) in [5, 5.41) is 3.22. The number of nitrogens with one attached hydrogen (secondary N) is 1. The van der Waals surface area contributed by atoms with Crippen molar-refractivity contribution in [2.24, 2.45) is 0 Å². The fraction of sp³-hybridized carbons (Fsp3) is 0.333. The highest BCUT2D eigenvalue weighted by atomic mass is 32.2. The Kier molecular flexibility index (Phi) is 12.3. The lowest BCUT2D eigenvalue weighted by Crippen LogP contribution is -2.55. The van der Waals surface area contributed by atoms with Crippen LogP contribution in [0.5, 0.6) is 11.5 Å². The molecule has 1 atom stereocenters. The van der Waals surface area contributed by atoms with E-state index >= 15 is 0 Å². The summed E-state index contributed by atoms with van der Waals surface area (Å²) in [7, 11) is -2.33. The molecule has 1 N–H and O–H groups in total. The smallest absolute Gasteiger partial charge is 0.244 e. The van der Waals surface area contributed by atoms with Gasteiger partial charge in [-0.1, -0.05) is 92.1 Å². The van der Waals surface area contributed by atoms with Gasteiger partial charge in [-0.15, -0.1) is 0 Å². The standard InChI is InChI=1S/C39H45N3O6S/c1-47-36-20-12-17-32(25-36)27-41(37(26-30-13-6-3-7-14-30)39(44)40-33-18-10-5-11-19-33)38(43)28-42(49(2,45)46)34-21-23-35(24-22-34)48-29-31-15-8-4-9-16-31/h3-4,6-9,12-17,20-25,33,37H,5,10-11,18-19,26-29H2,1-2H3,(H,40,44)/t37-/m0/s1. The molecule has 1 aliphatic carbocycles. The van der Waals surface area contributed by atoms with Crippen molar-refractivity contribution in [2.75, 3.05) is 24.2 Å². The van der Waals surface area contributed by atoms with Crippen LogP contribution in [0.1, 0.15) is 48.8 Å². The topological polar surface area (TPSA) is 105 Å². The van der Waals surface area contributed by atoms with Crippen LogP contribution in [0.2, 0.25) is 0 Å². The highest BCUT2D eigenvalue weighted by molar-refractivity contribution is 7.92. The number of rotatable bonds is 15.